The van der Waals surface area contributed by atoms with Crippen LogP contribution < -0.4 is 15.4 Å². The van der Waals surface area contributed by atoms with Crippen molar-refractivity contribution in [2.45, 2.75) is 32.4 Å². The molecule has 0 spiro atoms. The summed E-state index contributed by atoms with van der Waals surface area (Å²) in [6.07, 6.45) is 5.17. The summed E-state index contributed by atoms with van der Waals surface area (Å²) in [7, 11) is 0. The standard InChI is InChI=1S/C22H24N4O2/c1-2-9-28-21-11-16(18-13-24-25-14-18)7-8-19(21)26-22(27)20-10-15-5-3-4-6-17(15)12-23-20/h3-8,11,13-14,20,23H,2,9-10,12H2,1H3,(H,24,25)(H,26,27)/t20-/m0/s1. The quantitative estimate of drug-likeness (QED) is 0.615. The van der Waals surface area contributed by atoms with Gasteiger partial charge in [0.1, 0.15) is 5.75 Å². The summed E-state index contributed by atoms with van der Waals surface area (Å²) in [6, 6.07) is 13.8. The van der Waals surface area contributed by atoms with Crippen molar-refractivity contribution >= 4 is 11.6 Å². The van der Waals surface area contributed by atoms with E-state index >= 15 is 0 Å². The molecule has 28 heavy (non-hydrogen) atoms. The highest BCUT2D eigenvalue weighted by Gasteiger charge is 2.24. The number of aromatic nitrogens is 2. The second kappa shape index (κ2) is 8.27. The molecule has 2 aromatic carbocycles. The number of rotatable bonds is 6. The van der Waals surface area contributed by atoms with Crippen LogP contribution in [0.4, 0.5) is 5.69 Å². The monoisotopic (exact) mass is 376 g/mol. The molecule has 3 aromatic rings. The maximum Gasteiger partial charge on any atom is 0.241 e. The van der Waals surface area contributed by atoms with E-state index in [1.807, 2.05) is 36.5 Å². The molecule has 0 radical (unpaired) electrons. The third-order valence-corrected chi connectivity index (χ3v) is 4.93. The van der Waals surface area contributed by atoms with E-state index in [1.165, 1.54) is 11.1 Å². The molecule has 0 saturated heterocycles. The maximum absolute atomic E-state index is 12.9. The Kier molecular flexibility index (Phi) is 5.39. The molecule has 2 heterocycles. The minimum Gasteiger partial charge on any atom is -0.491 e. The topological polar surface area (TPSA) is 79.0 Å². The predicted octanol–water partition coefficient (Wildman–Crippen LogP) is 3.52. The molecule has 6 heteroatoms. The molecule has 1 aliphatic heterocycles. The van der Waals surface area contributed by atoms with Gasteiger partial charge in [-0.1, -0.05) is 37.3 Å². The van der Waals surface area contributed by atoms with Crippen LogP contribution in [0, 0.1) is 0 Å². The minimum atomic E-state index is -0.262. The maximum atomic E-state index is 12.9. The fourth-order valence-corrected chi connectivity index (χ4v) is 3.40. The van der Waals surface area contributed by atoms with E-state index < -0.39 is 0 Å². The van der Waals surface area contributed by atoms with Crippen molar-refractivity contribution in [3.05, 3.63) is 66.0 Å². The Morgan fingerprint density at radius 2 is 2.07 bits per heavy atom. The Morgan fingerprint density at radius 1 is 1.21 bits per heavy atom. The third-order valence-electron chi connectivity index (χ3n) is 4.93. The summed E-state index contributed by atoms with van der Waals surface area (Å²) in [5.41, 5.74) is 5.13. The van der Waals surface area contributed by atoms with Gasteiger partial charge >= 0.3 is 0 Å². The van der Waals surface area contributed by atoms with Gasteiger partial charge in [0, 0.05) is 18.3 Å². The molecule has 0 bridgehead atoms. The van der Waals surface area contributed by atoms with Gasteiger partial charge in [0.05, 0.1) is 24.5 Å². The molecular formula is C22H24N4O2. The van der Waals surface area contributed by atoms with Crippen molar-refractivity contribution in [3.63, 3.8) is 0 Å². The van der Waals surface area contributed by atoms with E-state index in [1.54, 1.807) is 6.20 Å². The van der Waals surface area contributed by atoms with E-state index in [9.17, 15) is 4.79 Å². The zero-order chi connectivity index (χ0) is 19.3. The van der Waals surface area contributed by atoms with Gasteiger partial charge in [-0.15, -0.1) is 0 Å². The molecule has 1 amide bonds. The third kappa shape index (κ3) is 3.92. The number of H-pyrrole nitrogens is 1. The summed E-state index contributed by atoms with van der Waals surface area (Å²) in [4.78, 5) is 12.9. The van der Waals surface area contributed by atoms with E-state index in [0.717, 1.165) is 17.5 Å². The van der Waals surface area contributed by atoms with Crippen molar-refractivity contribution in [2.75, 3.05) is 11.9 Å². The van der Waals surface area contributed by atoms with Gasteiger partial charge in [0.2, 0.25) is 5.91 Å². The number of benzene rings is 2. The largest absolute Gasteiger partial charge is 0.491 e. The van der Waals surface area contributed by atoms with E-state index in [0.29, 0.717) is 31.0 Å². The first kappa shape index (κ1) is 18.3. The van der Waals surface area contributed by atoms with Crippen molar-refractivity contribution in [3.8, 4) is 16.9 Å². The number of fused-ring (bicyclic) bond motifs is 1. The summed E-state index contributed by atoms with van der Waals surface area (Å²) in [5, 5.41) is 13.2. The summed E-state index contributed by atoms with van der Waals surface area (Å²) < 4.78 is 5.90. The van der Waals surface area contributed by atoms with Gasteiger partial charge in [-0.25, -0.2) is 0 Å². The lowest BCUT2D eigenvalue weighted by Gasteiger charge is -2.25. The fourth-order valence-electron chi connectivity index (χ4n) is 3.40. The Balaban J connectivity index is 1.52. The molecule has 144 valence electrons. The minimum absolute atomic E-state index is 0.0492. The first-order chi connectivity index (χ1) is 13.7. The SMILES string of the molecule is CCCOc1cc(-c2cn[nH]c2)ccc1NC(=O)[C@@H]1Cc2ccccc2CN1. The number of carbonyl (C=O) groups is 1. The number of carbonyl (C=O) groups excluding carboxylic acids is 1. The number of hydrogen-bond acceptors (Lipinski definition) is 4. The van der Waals surface area contributed by atoms with Crippen LogP contribution in [0.25, 0.3) is 11.1 Å². The average Bonchev–Trinajstić information content (AvgIpc) is 3.27. The Hall–Kier alpha value is -3.12. The number of ether oxygens (including phenoxy) is 1. The molecule has 0 saturated carbocycles. The lowest BCUT2D eigenvalue weighted by atomic mass is 9.95. The molecule has 1 atom stereocenters. The molecular weight excluding hydrogens is 352 g/mol. The lowest BCUT2D eigenvalue weighted by molar-refractivity contribution is -0.118. The number of anilines is 1. The normalized spacial score (nSPS) is 15.7. The zero-order valence-electron chi connectivity index (χ0n) is 15.9. The summed E-state index contributed by atoms with van der Waals surface area (Å²) in [6.45, 7) is 3.35. The lowest BCUT2D eigenvalue weighted by Crippen LogP contribution is -2.44. The molecule has 1 aliphatic rings. The number of nitrogens with one attached hydrogen (secondary N) is 3. The van der Waals surface area contributed by atoms with Crippen LogP contribution in [0.1, 0.15) is 24.5 Å². The van der Waals surface area contributed by atoms with Crippen LogP contribution in [-0.2, 0) is 17.8 Å². The summed E-state index contributed by atoms with van der Waals surface area (Å²) in [5.74, 6) is 0.622. The Labute approximate surface area is 164 Å². The van der Waals surface area contributed by atoms with Crippen LogP contribution in [0.2, 0.25) is 0 Å². The highest BCUT2D eigenvalue weighted by atomic mass is 16.5. The van der Waals surface area contributed by atoms with Crippen molar-refractivity contribution < 1.29 is 9.53 Å². The Bertz CT molecular complexity index is 953. The van der Waals surface area contributed by atoms with Crippen LogP contribution in [0.15, 0.2) is 54.9 Å². The zero-order valence-corrected chi connectivity index (χ0v) is 15.9. The molecule has 1 aromatic heterocycles. The van der Waals surface area contributed by atoms with Gasteiger partial charge in [-0.3, -0.25) is 9.89 Å². The highest BCUT2D eigenvalue weighted by Crippen LogP contribution is 2.31. The van der Waals surface area contributed by atoms with E-state index in [4.69, 9.17) is 4.74 Å². The van der Waals surface area contributed by atoms with E-state index in [-0.39, 0.29) is 11.9 Å². The van der Waals surface area contributed by atoms with Crippen molar-refractivity contribution in [1.29, 1.82) is 0 Å². The summed E-state index contributed by atoms with van der Waals surface area (Å²) >= 11 is 0. The average molecular weight is 376 g/mol. The highest BCUT2D eigenvalue weighted by molar-refractivity contribution is 5.96. The van der Waals surface area contributed by atoms with Gasteiger partial charge in [0.25, 0.3) is 0 Å². The van der Waals surface area contributed by atoms with Crippen LogP contribution in [0.3, 0.4) is 0 Å². The number of aromatic amines is 1. The molecule has 6 nitrogen and oxygen atoms in total. The second-order valence-electron chi connectivity index (χ2n) is 6.94. The van der Waals surface area contributed by atoms with E-state index in [2.05, 4.69) is 39.9 Å². The van der Waals surface area contributed by atoms with Gasteiger partial charge in [-0.2, -0.15) is 5.10 Å². The fraction of sp³-hybridized carbons (Fsp3) is 0.273. The Morgan fingerprint density at radius 3 is 2.86 bits per heavy atom. The van der Waals surface area contributed by atoms with Crippen LogP contribution in [0.5, 0.6) is 5.75 Å². The van der Waals surface area contributed by atoms with Crippen LogP contribution >= 0.6 is 0 Å². The van der Waals surface area contributed by atoms with Gasteiger partial charge < -0.3 is 15.4 Å². The van der Waals surface area contributed by atoms with Crippen LogP contribution in [-0.4, -0.2) is 28.8 Å². The second-order valence-corrected chi connectivity index (χ2v) is 6.94. The molecule has 3 N–H and O–H groups in total. The van der Waals surface area contributed by atoms with Crippen molar-refractivity contribution in [1.82, 2.24) is 15.5 Å². The first-order valence-electron chi connectivity index (χ1n) is 9.61. The number of amides is 1. The first-order valence-corrected chi connectivity index (χ1v) is 9.61. The molecule has 0 aliphatic carbocycles. The van der Waals surface area contributed by atoms with Gasteiger partial charge in [0.15, 0.2) is 0 Å². The molecule has 4 rings (SSSR count). The number of hydrogen-bond donors (Lipinski definition) is 3. The molecule has 0 unspecified atom stereocenters. The smallest absolute Gasteiger partial charge is 0.241 e. The number of nitrogens with zero attached hydrogens (tertiary/aromatic N) is 1. The molecule has 0 fully saturated rings. The van der Waals surface area contributed by atoms with Gasteiger partial charge in [-0.05, 0) is 41.7 Å². The predicted molar refractivity (Wildman–Crippen MR) is 109 cm³/mol. The van der Waals surface area contributed by atoms with Crippen molar-refractivity contribution in [2.24, 2.45) is 0 Å².